The predicted octanol–water partition coefficient (Wildman–Crippen LogP) is 6.62. The van der Waals surface area contributed by atoms with Crippen molar-refractivity contribution in [2.75, 3.05) is 6.61 Å². The topological polar surface area (TPSA) is 87.4 Å². The van der Waals surface area contributed by atoms with E-state index >= 15 is 0 Å². The third-order valence-electron chi connectivity index (χ3n) is 5.85. The van der Waals surface area contributed by atoms with Gasteiger partial charge in [0, 0.05) is 21.5 Å². The molecule has 0 saturated heterocycles. The summed E-state index contributed by atoms with van der Waals surface area (Å²) in [6.45, 7) is -0.205. The fourth-order valence-corrected chi connectivity index (χ4v) is 4.16. The monoisotopic (exact) mass is 516 g/mol. The molecule has 0 bridgehead atoms. The van der Waals surface area contributed by atoms with Crippen molar-refractivity contribution >= 4 is 34.6 Å². The summed E-state index contributed by atoms with van der Waals surface area (Å²) in [5.74, 6) is 0.126. The maximum Gasteiger partial charge on any atom is 0.277 e. The summed E-state index contributed by atoms with van der Waals surface area (Å²) in [7, 11) is 0. The first-order valence-corrected chi connectivity index (χ1v) is 12.2. The zero-order valence-electron chi connectivity index (χ0n) is 20.1. The number of aromatic nitrogens is 1. The molecule has 7 heteroatoms. The first kappa shape index (κ1) is 24.7. The Balaban J connectivity index is 1.29. The molecular weight excluding hydrogens is 496 g/mol. The summed E-state index contributed by atoms with van der Waals surface area (Å²) in [5.41, 5.74) is 8.20. The van der Waals surface area contributed by atoms with Gasteiger partial charge in [0.1, 0.15) is 5.75 Å². The first-order valence-electron chi connectivity index (χ1n) is 11.8. The van der Waals surface area contributed by atoms with Crippen molar-refractivity contribution in [1.82, 2.24) is 10.4 Å². The Morgan fingerprint density at radius 2 is 1.71 bits per heavy atom. The van der Waals surface area contributed by atoms with Crippen LogP contribution in [0.25, 0.3) is 33.3 Å². The Morgan fingerprint density at radius 1 is 0.947 bits per heavy atom. The number of ether oxygens (including phenoxy) is 1. The minimum atomic E-state index is -0.415. The molecule has 0 atom stereocenters. The maximum absolute atomic E-state index is 12.1. The zero-order chi connectivity index (χ0) is 26.3. The second kappa shape index (κ2) is 11.4. The van der Waals surface area contributed by atoms with Crippen LogP contribution < -0.4 is 10.2 Å². The van der Waals surface area contributed by atoms with Gasteiger partial charge in [-0.25, -0.2) is 10.4 Å². The van der Waals surface area contributed by atoms with Crippen molar-refractivity contribution in [2.24, 2.45) is 5.10 Å². The van der Waals surface area contributed by atoms with Gasteiger partial charge in [-0.05, 0) is 65.7 Å². The molecule has 38 heavy (non-hydrogen) atoms. The molecule has 184 valence electrons. The van der Waals surface area contributed by atoms with Crippen LogP contribution in [0, 0.1) is 11.3 Å². The molecule has 5 aromatic rings. The zero-order valence-corrected chi connectivity index (χ0v) is 20.9. The standard InChI is InChI=1S/C31H21ClN4O2/c32-25-12-15-29-28(16-25)27(21-6-2-1-3-7-21)17-30(35-29)22-10-13-26(14-11-22)38-20-31(37)36-34-19-24-9-5-4-8-23(24)18-33/h1-17,19H,20H2,(H,36,37). The molecule has 4 aromatic carbocycles. The Labute approximate surface area is 224 Å². The summed E-state index contributed by atoms with van der Waals surface area (Å²) >= 11 is 6.28. The van der Waals surface area contributed by atoms with Gasteiger partial charge in [0.05, 0.1) is 29.1 Å². The lowest BCUT2D eigenvalue weighted by Crippen LogP contribution is -2.24. The van der Waals surface area contributed by atoms with Crippen LogP contribution in [-0.4, -0.2) is 23.7 Å². The number of nitrogens with zero attached hydrogens (tertiary/aromatic N) is 3. The Hall–Kier alpha value is -4.99. The summed E-state index contributed by atoms with van der Waals surface area (Å²) < 4.78 is 5.61. The van der Waals surface area contributed by atoms with E-state index in [1.807, 2.05) is 48.5 Å². The van der Waals surface area contributed by atoms with Gasteiger partial charge in [-0.15, -0.1) is 0 Å². The molecule has 0 fully saturated rings. The summed E-state index contributed by atoms with van der Waals surface area (Å²) in [6, 6.07) is 34.3. The van der Waals surface area contributed by atoms with Gasteiger partial charge in [0.15, 0.2) is 6.61 Å². The number of nitrogens with one attached hydrogen (secondary N) is 1. The van der Waals surface area contributed by atoms with Crippen LogP contribution in [0.4, 0.5) is 0 Å². The van der Waals surface area contributed by atoms with Gasteiger partial charge in [-0.3, -0.25) is 4.79 Å². The Kier molecular flexibility index (Phi) is 7.39. The van der Waals surface area contributed by atoms with Crippen molar-refractivity contribution < 1.29 is 9.53 Å². The fraction of sp³-hybridized carbons (Fsp3) is 0.0323. The van der Waals surface area contributed by atoms with Crippen LogP contribution in [0.15, 0.2) is 108 Å². The molecule has 0 unspecified atom stereocenters. The molecule has 1 N–H and O–H groups in total. The molecule has 0 radical (unpaired) electrons. The minimum Gasteiger partial charge on any atom is -0.484 e. The highest BCUT2D eigenvalue weighted by molar-refractivity contribution is 6.31. The number of carbonyl (C=O) groups is 1. The lowest BCUT2D eigenvalue weighted by atomic mass is 9.98. The largest absolute Gasteiger partial charge is 0.484 e. The van der Waals surface area contributed by atoms with Gasteiger partial charge >= 0.3 is 0 Å². The number of halogens is 1. The molecule has 1 amide bonds. The Morgan fingerprint density at radius 3 is 2.50 bits per heavy atom. The van der Waals surface area contributed by atoms with Crippen LogP contribution in [0.5, 0.6) is 5.75 Å². The number of benzene rings is 4. The summed E-state index contributed by atoms with van der Waals surface area (Å²) in [4.78, 5) is 17.0. The van der Waals surface area contributed by atoms with E-state index in [1.54, 1.807) is 36.4 Å². The third kappa shape index (κ3) is 5.70. The van der Waals surface area contributed by atoms with E-state index < -0.39 is 5.91 Å². The van der Waals surface area contributed by atoms with Gasteiger partial charge in [0.25, 0.3) is 5.91 Å². The van der Waals surface area contributed by atoms with Crippen molar-refractivity contribution in [3.05, 3.63) is 119 Å². The number of carbonyl (C=O) groups excluding carboxylic acids is 1. The highest BCUT2D eigenvalue weighted by Gasteiger charge is 2.11. The maximum atomic E-state index is 12.1. The predicted molar refractivity (Wildman–Crippen MR) is 150 cm³/mol. The van der Waals surface area contributed by atoms with Crippen LogP contribution in [0.1, 0.15) is 11.1 Å². The summed E-state index contributed by atoms with van der Waals surface area (Å²) in [6.07, 6.45) is 1.43. The molecule has 0 aliphatic heterocycles. The molecule has 1 heterocycles. The number of nitriles is 1. The molecule has 6 nitrogen and oxygen atoms in total. The molecule has 0 aliphatic carbocycles. The van der Waals surface area contributed by atoms with Gasteiger partial charge in [-0.2, -0.15) is 10.4 Å². The second-order valence-corrected chi connectivity index (χ2v) is 8.82. The molecule has 1 aromatic heterocycles. The molecular formula is C31H21ClN4O2. The Bertz CT molecular complexity index is 1680. The number of fused-ring (bicyclic) bond motifs is 1. The van der Waals surface area contributed by atoms with Crippen molar-refractivity contribution in [1.29, 1.82) is 5.26 Å². The average Bonchev–Trinajstić information content (AvgIpc) is 2.96. The van der Waals surface area contributed by atoms with Crippen LogP contribution in [0.3, 0.4) is 0 Å². The number of hydrogen-bond donors (Lipinski definition) is 1. The van der Waals surface area contributed by atoms with Crippen molar-refractivity contribution in [3.63, 3.8) is 0 Å². The lowest BCUT2D eigenvalue weighted by molar-refractivity contribution is -0.123. The van der Waals surface area contributed by atoms with E-state index in [2.05, 4.69) is 34.8 Å². The molecule has 0 saturated carbocycles. The van der Waals surface area contributed by atoms with Crippen LogP contribution >= 0.6 is 11.6 Å². The quantitative estimate of drug-likeness (QED) is 0.194. The van der Waals surface area contributed by atoms with Crippen molar-refractivity contribution in [3.8, 4) is 34.2 Å². The first-order chi connectivity index (χ1) is 18.6. The van der Waals surface area contributed by atoms with Gasteiger partial charge < -0.3 is 4.74 Å². The normalized spacial score (nSPS) is 10.8. The SMILES string of the molecule is N#Cc1ccccc1C=NNC(=O)COc1ccc(-c2cc(-c3ccccc3)c3cc(Cl)ccc3n2)cc1. The average molecular weight is 517 g/mol. The van der Waals surface area contributed by atoms with E-state index in [9.17, 15) is 4.79 Å². The number of rotatable bonds is 7. The molecule has 0 aliphatic rings. The van der Waals surface area contributed by atoms with Gasteiger partial charge in [0.2, 0.25) is 0 Å². The fourth-order valence-electron chi connectivity index (χ4n) is 3.99. The lowest BCUT2D eigenvalue weighted by Gasteiger charge is -2.11. The van der Waals surface area contributed by atoms with E-state index in [-0.39, 0.29) is 6.61 Å². The number of hydrazone groups is 1. The van der Waals surface area contributed by atoms with Crippen LogP contribution in [-0.2, 0) is 4.79 Å². The highest BCUT2D eigenvalue weighted by Crippen LogP contribution is 2.33. The highest BCUT2D eigenvalue weighted by atomic mass is 35.5. The van der Waals surface area contributed by atoms with E-state index in [1.165, 1.54) is 6.21 Å². The van der Waals surface area contributed by atoms with Gasteiger partial charge in [-0.1, -0.05) is 60.1 Å². The third-order valence-corrected chi connectivity index (χ3v) is 6.08. The number of amides is 1. The number of pyridine rings is 1. The molecule has 5 rings (SSSR count). The van der Waals surface area contributed by atoms with Crippen LogP contribution in [0.2, 0.25) is 5.02 Å². The summed E-state index contributed by atoms with van der Waals surface area (Å²) in [5, 5.41) is 14.7. The second-order valence-electron chi connectivity index (χ2n) is 8.39. The van der Waals surface area contributed by atoms with Crippen molar-refractivity contribution in [2.45, 2.75) is 0 Å². The molecule has 0 spiro atoms. The number of hydrogen-bond acceptors (Lipinski definition) is 5. The smallest absolute Gasteiger partial charge is 0.277 e. The van der Waals surface area contributed by atoms with E-state index in [4.69, 9.17) is 26.6 Å². The van der Waals surface area contributed by atoms with E-state index in [0.717, 1.165) is 33.3 Å². The minimum absolute atomic E-state index is 0.205. The van der Waals surface area contributed by atoms with E-state index in [0.29, 0.717) is 21.9 Å².